The Morgan fingerprint density at radius 1 is 0.636 bits per heavy atom. The molecule has 0 unspecified atom stereocenters. The average Bonchev–Trinajstić information content (AvgIpc) is 2.59. The topological polar surface area (TPSA) is 0 Å². The lowest BCUT2D eigenvalue weighted by molar-refractivity contribution is 0.990. The molecule has 0 aliphatic heterocycles. The molecule has 22 heavy (non-hydrogen) atoms. The van der Waals surface area contributed by atoms with Crippen molar-refractivity contribution in [1.82, 2.24) is 0 Å². The predicted octanol–water partition coefficient (Wildman–Crippen LogP) is 6.11. The van der Waals surface area contributed by atoms with Gasteiger partial charge in [-0.15, -0.1) is 0 Å². The molecule has 0 spiro atoms. The van der Waals surface area contributed by atoms with Crippen molar-refractivity contribution in [1.29, 1.82) is 0 Å². The van der Waals surface area contributed by atoms with Crippen LogP contribution in [0.2, 0.25) is 0 Å². The van der Waals surface area contributed by atoms with E-state index in [9.17, 15) is 0 Å². The molecule has 4 aromatic carbocycles. The van der Waals surface area contributed by atoms with Crippen molar-refractivity contribution >= 4 is 38.4 Å². The minimum absolute atomic E-state index is 1.16. The Hall–Kier alpha value is -2.60. The number of allylic oxidation sites excluding steroid dienone is 1. The number of hydrogen-bond acceptors (Lipinski definition) is 0. The van der Waals surface area contributed by atoms with Gasteiger partial charge >= 0.3 is 0 Å². The quantitative estimate of drug-likeness (QED) is 0.269. The molecule has 5 rings (SSSR count). The molecule has 0 bridgehead atoms. The molecule has 0 heterocycles. The number of rotatable bonds is 0. The van der Waals surface area contributed by atoms with E-state index in [0.717, 1.165) is 12.8 Å². The third-order valence-corrected chi connectivity index (χ3v) is 4.88. The monoisotopic (exact) mass is 280 g/mol. The van der Waals surface area contributed by atoms with Gasteiger partial charge in [0.25, 0.3) is 0 Å². The summed E-state index contributed by atoms with van der Waals surface area (Å²) in [7, 11) is 0. The fourth-order valence-electron chi connectivity index (χ4n) is 3.75. The van der Waals surface area contributed by atoms with Gasteiger partial charge in [0.1, 0.15) is 0 Å². The van der Waals surface area contributed by atoms with E-state index in [-0.39, 0.29) is 0 Å². The second kappa shape index (κ2) is 4.45. The maximum atomic E-state index is 2.34. The van der Waals surface area contributed by atoms with Crippen LogP contribution in [0.1, 0.15) is 17.5 Å². The Bertz CT molecular complexity index is 1070. The van der Waals surface area contributed by atoms with Crippen LogP contribution in [-0.2, 0) is 6.42 Å². The zero-order valence-electron chi connectivity index (χ0n) is 12.3. The van der Waals surface area contributed by atoms with E-state index >= 15 is 0 Å². The lowest BCUT2D eigenvalue weighted by atomic mass is 9.89. The molecule has 0 aromatic heterocycles. The van der Waals surface area contributed by atoms with Crippen LogP contribution >= 0.6 is 0 Å². The van der Waals surface area contributed by atoms with Gasteiger partial charge in [-0.05, 0) is 68.4 Å². The zero-order chi connectivity index (χ0) is 14.5. The van der Waals surface area contributed by atoms with E-state index in [1.807, 2.05) is 0 Å². The highest BCUT2D eigenvalue weighted by atomic mass is 14.1. The van der Waals surface area contributed by atoms with Gasteiger partial charge in [0.05, 0.1) is 0 Å². The fourth-order valence-corrected chi connectivity index (χ4v) is 3.75. The first kappa shape index (κ1) is 12.0. The molecule has 0 amide bonds. The average molecular weight is 280 g/mol. The van der Waals surface area contributed by atoms with Crippen molar-refractivity contribution in [3.05, 3.63) is 77.9 Å². The Kier molecular flexibility index (Phi) is 2.42. The van der Waals surface area contributed by atoms with Gasteiger partial charge in [0.2, 0.25) is 0 Å². The summed E-state index contributed by atoms with van der Waals surface area (Å²) in [6, 6.07) is 22.4. The second-order valence-electron chi connectivity index (χ2n) is 6.16. The van der Waals surface area contributed by atoms with Gasteiger partial charge < -0.3 is 0 Å². The summed E-state index contributed by atoms with van der Waals surface area (Å²) >= 11 is 0. The highest BCUT2D eigenvalue weighted by molar-refractivity contribution is 6.14. The highest BCUT2D eigenvalue weighted by Gasteiger charge is 2.10. The summed E-state index contributed by atoms with van der Waals surface area (Å²) in [5.41, 5.74) is 2.90. The maximum Gasteiger partial charge on any atom is -0.00988 e. The molecule has 0 saturated carbocycles. The molecule has 1 aliphatic rings. The van der Waals surface area contributed by atoms with E-state index in [2.05, 4.69) is 72.8 Å². The first-order valence-corrected chi connectivity index (χ1v) is 7.94. The summed E-state index contributed by atoms with van der Waals surface area (Å²) in [6.45, 7) is 0. The smallest absolute Gasteiger partial charge is 0.00988 e. The van der Waals surface area contributed by atoms with Crippen LogP contribution in [0.3, 0.4) is 0 Å². The summed E-state index contributed by atoms with van der Waals surface area (Å²) in [5.74, 6) is 0. The zero-order valence-corrected chi connectivity index (χ0v) is 12.3. The first-order valence-electron chi connectivity index (χ1n) is 7.94. The number of fused-ring (bicyclic) bond motifs is 6. The second-order valence-corrected chi connectivity index (χ2v) is 6.16. The van der Waals surface area contributed by atoms with Crippen molar-refractivity contribution in [3.63, 3.8) is 0 Å². The van der Waals surface area contributed by atoms with Crippen molar-refractivity contribution in [2.45, 2.75) is 12.8 Å². The summed E-state index contributed by atoms with van der Waals surface area (Å²) in [4.78, 5) is 0. The first-order chi connectivity index (χ1) is 10.9. The summed E-state index contributed by atoms with van der Waals surface area (Å²) in [6.07, 6.45) is 6.93. The molecule has 104 valence electrons. The highest BCUT2D eigenvalue weighted by Crippen LogP contribution is 2.34. The molecule has 0 N–H and O–H groups in total. The molecule has 1 aliphatic carbocycles. The van der Waals surface area contributed by atoms with Gasteiger partial charge in [0.15, 0.2) is 0 Å². The standard InChI is InChI=1S/C22H16/c1-2-7-17-14-22-18(13-16(17)6-1)10-12-20-19-8-4-3-5-15(19)9-11-21(20)22/h1-2,4,6-14H,3,5H2. The van der Waals surface area contributed by atoms with Crippen LogP contribution in [-0.4, -0.2) is 0 Å². The van der Waals surface area contributed by atoms with Crippen molar-refractivity contribution in [3.8, 4) is 0 Å². The van der Waals surface area contributed by atoms with Crippen LogP contribution in [0.4, 0.5) is 0 Å². The van der Waals surface area contributed by atoms with Gasteiger partial charge in [-0.25, -0.2) is 0 Å². The fraction of sp³-hybridized carbons (Fsp3) is 0.0909. The van der Waals surface area contributed by atoms with Crippen LogP contribution in [0.15, 0.2) is 66.7 Å². The van der Waals surface area contributed by atoms with Gasteiger partial charge in [-0.2, -0.15) is 0 Å². The van der Waals surface area contributed by atoms with E-state index < -0.39 is 0 Å². The van der Waals surface area contributed by atoms with E-state index in [1.54, 1.807) is 0 Å². The molecule has 0 heteroatoms. The van der Waals surface area contributed by atoms with Gasteiger partial charge in [-0.1, -0.05) is 60.7 Å². The Morgan fingerprint density at radius 2 is 1.45 bits per heavy atom. The van der Waals surface area contributed by atoms with E-state index in [1.165, 1.54) is 43.4 Å². The molecule has 4 aromatic rings. The van der Waals surface area contributed by atoms with Crippen LogP contribution in [0, 0.1) is 0 Å². The lowest BCUT2D eigenvalue weighted by Crippen LogP contribution is -1.95. The Morgan fingerprint density at radius 3 is 2.36 bits per heavy atom. The van der Waals surface area contributed by atoms with Crippen molar-refractivity contribution in [2.75, 3.05) is 0 Å². The molecule has 0 saturated heterocycles. The summed E-state index contributed by atoms with van der Waals surface area (Å²) < 4.78 is 0. The van der Waals surface area contributed by atoms with Crippen LogP contribution in [0.5, 0.6) is 0 Å². The molecular formula is C22H16. The lowest BCUT2D eigenvalue weighted by Gasteiger charge is -2.15. The predicted molar refractivity (Wildman–Crippen MR) is 96.3 cm³/mol. The molecule has 0 fully saturated rings. The molecule has 0 atom stereocenters. The van der Waals surface area contributed by atoms with E-state index in [0.29, 0.717) is 0 Å². The number of benzene rings is 4. The maximum absolute atomic E-state index is 2.34. The largest absolute Gasteiger partial charge is 0.0836 e. The van der Waals surface area contributed by atoms with Gasteiger partial charge in [-0.3, -0.25) is 0 Å². The van der Waals surface area contributed by atoms with Crippen molar-refractivity contribution < 1.29 is 0 Å². The normalized spacial score (nSPS) is 13.8. The number of hydrogen-bond donors (Lipinski definition) is 0. The minimum Gasteiger partial charge on any atom is -0.0836 e. The third-order valence-electron chi connectivity index (χ3n) is 4.88. The summed E-state index contributed by atoms with van der Waals surface area (Å²) in [5, 5.41) is 8.07. The van der Waals surface area contributed by atoms with Crippen LogP contribution < -0.4 is 0 Å². The SMILES string of the molecule is C1=Cc2c(ccc3c2ccc2cc4ccccc4cc23)CC1. The van der Waals surface area contributed by atoms with Crippen molar-refractivity contribution in [2.24, 2.45) is 0 Å². The van der Waals surface area contributed by atoms with E-state index in [4.69, 9.17) is 0 Å². The third kappa shape index (κ3) is 1.64. The Balaban J connectivity index is 1.95. The Labute approximate surface area is 129 Å². The van der Waals surface area contributed by atoms with Crippen LogP contribution in [0.25, 0.3) is 38.4 Å². The molecule has 0 nitrogen and oxygen atoms in total. The number of aryl methyl sites for hydroxylation is 1. The molecule has 0 radical (unpaired) electrons. The van der Waals surface area contributed by atoms with Gasteiger partial charge in [0, 0.05) is 0 Å². The molecular weight excluding hydrogens is 264 g/mol. The minimum atomic E-state index is 1.16.